The van der Waals surface area contributed by atoms with Gasteiger partial charge in [-0.2, -0.15) is 0 Å². The Balaban J connectivity index is 2.56. The molecule has 0 saturated heterocycles. The average Bonchev–Trinajstić information content (AvgIpc) is 2.20. The maximum atomic E-state index is 11.9. The van der Waals surface area contributed by atoms with Crippen molar-refractivity contribution in [2.75, 3.05) is 0 Å². The van der Waals surface area contributed by atoms with Crippen LogP contribution in [0.5, 0.6) is 0 Å². The number of fused-ring (bicyclic) bond motifs is 1. The molecule has 0 fully saturated rings. The summed E-state index contributed by atoms with van der Waals surface area (Å²) in [4.78, 5) is 12.8. The van der Waals surface area contributed by atoms with Gasteiger partial charge in [-0.25, -0.2) is 0 Å². The van der Waals surface area contributed by atoms with Crippen LogP contribution in [0.4, 0.5) is 0 Å². The Hall–Kier alpha value is -0.930. The van der Waals surface area contributed by atoms with Crippen LogP contribution in [0, 0.1) is 0 Å². The molecule has 78 valence electrons. The van der Waals surface area contributed by atoms with Crippen LogP contribution in [0.1, 0.15) is 17.3 Å². The molecule has 2 rings (SSSR count). The zero-order valence-electron chi connectivity index (χ0n) is 8.03. The van der Waals surface area contributed by atoms with Crippen LogP contribution in [0.2, 0.25) is 5.02 Å². The molecule has 1 aromatic rings. The SMILES string of the molecule is CC1Sc2ccc(Cl)cc2C(=O)/C1=C/O. The number of rotatable bonds is 0. The zero-order valence-corrected chi connectivity index (χ0v) is 9.60. The normalized spacial score (nSPS) is 22.9. The number of thioether (sulfide) groups is 1. The predicted octanol–water partition coefficient (Wildman–Crippen LogP) is 3.46. The molecule has 0 aliphatic carbocycles. The molecule has 2 nitrogen and oxygen atoms in total. The Morgan fingerprint density at radius 1 is 1.53 bits per heavy atom. The van der Waals surface area contributed by atoms with Crippen molar-refractivity contribution in [2.45, 2.75) is 17.1 Å². The van der Waals surface area contributed by atoms with Gasteiger partial charge >= 0.3 is 0 Å². The number of halogens is 1. The minimum atomic E-state index is -0.138. The molecule has 1 unspecified atom stereocenters. The Morgan fingerprint density at radius 2 is 2.27 bits per heavy atom. The van der Waals surface area contributed by atoms with Crippen molar-refractivity contribution in [2.24, 2.45) is 0 Å². The van der Waals surface area contributed by atoms with Gasteiger partial charge in [0, 0.05) is 26.3 Å². The highest BCUT2D eigenvalue weighted by Gasteiger charge is 2.28. The lowest BCUT2D eigenvalue weighted by Gasteiger charge is -2.22. The molecule has 15 heavy (non-hydrogen) atoms. The molecule has 4 heteroatoms. The third kappa shape index (κ3) is 1.77. The summed E-state index contributed by atoms with van der Waals surface area (Å²) in [5.74, 6) is -0.138. The summed E-state index contributed by atoms with van der Waals surface area (Å²) in [7, 11) is 0. The van der Waals surface area contributed by atoms with Gasteiger partial charge in [-0.3, -0.25) is 4.79 Å². The molecule has 0 spiro atoms. The molecule has 0 amide bonds. The molecule has 0 bridgehead atoms. The maximum Gasteiger partial charge on any atom is 0.194 e. The van der Waals surface area contributed by atoms with E-state index in [-0.39, 0.29) is 11.0 Å². The first kappa shape index (κ1) is 10.6. The summed E-state index contributed by atoms with van der Waals surface area (Å²) in [6.07, 6.45) is 0.893. The fourth-order valence-electron chi connectivity index (χ4n) is 1.54. The maximum absolute atomic E-state index is 11.9. The van der Waals surface area contributed by atoms with E-state index in [1.165, 1.54) is 0 Å². The van der Waals surface area contributed by atoms with E-state index < -0.39 is 0 Å². The van der Waals surface area contributed by atoms with E-state index in [4.69, 9.17) is 16.7 Å². The second-order valence-electron chi connectivity index (χ2n) is 3.31. The van der Waals surface area contributed by atoms with Gasteiger partial charge in [-0.15, -0.1) is 11.8 Å². The topological polar surface area (TPSA) is 37.3 Å². The van der Waals surface area contributed by atoms with E-state index in [0.717, 1.165) is 11.2 Å². The minimum absolute atomic E-state index is 0.0174. The van der Waals surface area contributed by atoms with Crippen molar-refractivity contribution in [3.63, 3.8) is 0 Å². The molecule has 0 aromatic heterocycles. The molecule has 1 N–H and O–H groups in total. The van der Waals surface area contributed by atoms with Crippen LogP contribution >= 0.6 is 23.4 Å². The van der Waals surface area contributed by atoms with E-state index in [2.05, 4.69) is 0 Å². The third-order valence-corrected chi connectivity index (χ3v) is 3.78. The number of benzene rings is 1. The fraction of sp³-hybridized carbons (Fsp3) is 0.182. The first-order chi connectivity index (χ1) is 7.13. The summed E-state index contributed by atoms with van der Waals surface area (Å²) in [5, 5.41) is 9.52. The van der Waals surface area contributed by atoms with Gasteiger partial charge in [-0.1, -0.05) is 11.6 Å². The summed E-state index contributed by atoms with van der Waals surface area (Å²) in [5.41, 5.74) is 1.00. The van der Waals surface area contributed by atoms with Gasteiger partial charge in [0.15, 0.2) is 5.78 Å². The first-order valence-corrected chi connectivity index (χ1v) is 5.74. The monoisotopic (exact) mass is 240 g/mol. The van der Waals surface area contributed by atoms with Crippen molar-refractivity contribution >= 4 is 29.1 Å². The van der Waals surface area contributed by atoms with Crippen LogP contribution in [-0.4, -0.2) is 16.1 Å². The van der Waals surface area contributed by atoms with Crippen LogP contribution < -0.4 is 0 Å². The molecule has 0 radical (unpaired) electrons. The Bertz CT molecular complexity index is 454. The summed E-state index contributed by atoms with van der Waals surface area (Å²) in [6.45, 7) is 1.89. The standard InChI is InChI=1S/C11H9ClO2S/c1-6-9(5-13)11(14)8-4-7(12)2-3-10(8)15-6/h2-6,13H,1H3/b9-5+. The smallest absolute Gasteiger partial charge is 0.194 e. The van der Waals surface area contributed by atoms with E-state index in [1.807, 2.05) is 13.0 Å². The first-order valence-electron chi connectivity index (χ1n) is 4.48. The number of aliphatic hydroxyl groups is 1. The van der Waals surface area contributed by atoms with Gasteiger partial charge in [-0.05, 0) is 25.1 Å². The van der Waals surface area contributed by atoms with Crippen molar-refractivity contribution in [3.05, 3.63) is 40.6 Å². The predicted molar refractivity (Wildman–Crippen MR) is 61.8 cm³/mol. The van der Waals surface area contributed by atoms with Crippen LogP contribution in [-0.2, 0) is 0 Å². The van der Waals surface area contributed by atoms with E-state index in [9.17, 15) is 4.79 Å². The lowest BCUT2D eigenvalue weighted by atomic mass is 10.0. The molecular weight excluding hydrogens is 232 g/mol. The number of hydrogen-bond donors (Lipinski definition) is 1. The molecule has 0 saturated carbocycles. The Kier molecular flexibility index (Phi) is 2.76. The number of aliphatic hydroxyl groups excluding tert-OH is 1. The van der Waals surface area contributed by atoms with Crippen LogP contribution in [0.3, 0.4) is 0 Å². The number of hydrogen-bond acceptors (Lipinski definition) is 3. The van der Waals surface area contributed by atoms with Crippen molar-refractivity contribution < 1.29 is 9.90 Å². The van der Waals surface area contributed by atoms with E-state index in [0.29, 0.717) is 16.2 Å². The van der Waals surface area contributed by atoms with Crippen molar-refractivity contribution in [3.8, 4) is 0 Å². The largest absolute Gasteiger partial charge is 0.515 e. The van der Waals surface area contributed by atoms with Gasteiger partial charge in [0.25, 0.3) is 0 Å². The lowest BCUT2D eigenvalue weighted by molar-refractivity contribution is 0.102. The lowest BCUT2D eigenvalue weighted by Crippen LogP contribution is -2.19. The second kappa shape index (κ2) is 3.91. The highest BCUT2D eigenvalue weighted by molar-refractivity contribution is 8.00. The molecule has 1 atom stereocenters. The Labute approximate surface area is 96.9 Å². The van der Waals surface area contributed by atoms with Crippen molar-refractivity contribution in [1.82, 2.24) is 0 Å². The Morgan fingerprint density at radius 3 is 2.93 bits per heavy atom. The number of ketones is 1. The summed E-state index contributed by atoms with van der Waals surface area (Å²) >= 11 is 7.38. The fourth-order valence-corrected chi connectivity index (χ4v) is 2.81. The van der Waals surface area contributed by atoms with Gasteiger partial charge in [0.2, 0.25) is 0 Å². The average molecular weight is 241 g/mol. The second-order valence-corrected chi connectivity index (χ2v) is 5.13. The van der Waals surface area contributed by atoms with E-state index in [1.54, 1.807) is 23.9 Å². The summed E-state index contributed by atoms with van der Waals surface area (Å²) in [6, 6.07) is 5.24. The number of Topliss-reactive ketones (excluding diaryl/α,β-unsaturated/α-hetero) is 1. The summed E-state index contributed by atoms with van der Waals surface area (Å²) < 4.78 is 0. The quantitative estimate of drug-likeness (QED) is 0.557. The number of carbonyl (C=O) groups is 1. The van der Waals surface area contributed by atoms with Gasteiger partial charge < -0.3 is 5.11 Å². The molecule has 1 aromatic carbocycles. The highest BCUT2D eigenvalue weighted by Crippen LogP contribution is 2.38. The molecular formula is C11H9ClO2S. The molecule has 1 aliphatic heterocycles. The van der Waals surface area contributed by atoms with E-state index >= 15 is 0 Å². The third-order valence-electron chi connectivity index (χ3n) is 2.33. The van der Waals surface area contributed by atoms with Crippen LogP contribution in [0.15, 0.2) is 34.9 Å². The number of carbonyl (C=O) groups excluding carboxylic acids is 1. The van der Waals surface area contributed by atoms with Gasteiger partial charge in [0.1, 0.15) is 0 Å². The minimum Gasteiger partial charge on any atom is -0.515 e. The van der Waals surface area contributed by atoms with Gasteiger partial charge in [0.05, 0.1) is 6.26 Å². The highest BCUT2D eigenvalue weighted by atomic mass is 35.5. The van der Waals surface area contributed by atoms with Crippen molar-refractivity contribution in [1.29, 1.82) is 0 Å². The molecule has 1 aliphatic rings. The zero-order chi connectivity index (χ0) is 11.0. The van der Waals surface area contributed by atoms with Crippen LogP contribution in [0.25, 0.3) is 0 Å². The molecule has 1 heterocycles.